The molecule has 53 heavy (non-hydrogen) atoms. The fourth-order valence-corrected chi connectivity index (χ4v) is 27.8. The van der Waals surface area contributed by atoms with E-state index in [9.17, 15) is 9.90 Å². The van der Waals surface area contributed by atoms with Crippen LogP contribution in [0.1, 0.15) is 73.3 Å². The lowest BCUT2D eigenvalue weighted by molar-refractivity contribution is -0.154. The molecule has 0 aromatic heterocycles. The van der Waals surface area contributed by atoms with Crippen LogP contribution in [0.2, 0.25) is 0 Å². The third-order valence-electron chi connectivity index (χ3n) is 26.2. The van der Waals surface area contributed by atoms with E-state index in [1.54, 1.807) is 51.4 Å². The number of carboxylic acid groups (broad SMARTS) is 1. The summed E-state index contributed by atoms with van der Waals surface area (Å²) < 4.78 is 0. The highest BCUT2D eigenvalue weighted by Gasteiger charge is 2.89. The maximum atomic E-state index is 12.0. The van der Waals surface area contributed by atoms with E-state index in [0.717, 1.165) is 130 Å². The van der Waals surface area contributed by atoms with Gasteiger partial charge in [0.15, 0.2) is 0 Å². The topological polar surface area (TPSA) is 40.5 Å². The van der Waals surface area contributed by atoms with Crippen LogP contribution >= 0.6 is 0 Å². The summed E-state index contributed by atoms with van der Waals surface area (Å²) in [6, 6.07) is 8.99. The van der Waals surface area contributed by atoms with Crippen molar-refractivity contribution >= 4 is 5.97 Å². The number of rotatable bonds is 2. The molecule has 1 aromatic rings. The number of fused-ring (bicyclic) bond motifs is 8. The van der Waals surface area contributed by atoms with Gasteiger partial charge in [-0.25, -0.2) is 4.79 Å². The molecule has 17 aliphatic rings. The maximum absolute atomic E-state index is 12.0. The monoisotopic (exact) mass is 705 g/mol. The van der Waals surface area contributed by atoms with Gasteiger partial charge < -0.3 is 5.11 Å². The molecule has 33 unspecified atom stereocenters. The summed E-state index contributed by atoms with van der Waals surface area (Å²) in [7, 11) is 2.52. The van der Waals surface area contributed by atoms with E-state index in [-0.39, 0.29) is 0 Å². The van der Waals surface area contributed by atoms with Crippen molar-refractivity contribution in [2.75, 3.05) is 13.6 Å². The molecule has 17 fully saturated rings. The second-order valence-corrected chi connectivity index (χ2v) is 24.9. The molecular weight excluding hydrogens is 647 g/mol. The molecular formula is C50H59NO2. The quantitative estimate of drug-likeness (QED) is 0.336. The molecule has 0 radical (unpaired) electrons. The van der Waals surface area contributed by atoms with Crippen LogP contribution in [0.5, 0.6) is 0 Å². The predicted octanol–water partition coefficient (Wildman–Crippen LogP) is 8.43. The number of carboxylic acids is 1. The Morgan fingerprint density at radius 2 is 0.717 bits per heavy atom. The maximum Gasteiger partial charge on any atom is 0.335 e. The molecule has 1 aromatic carbocycles. The Kier molecular flexibility index (Phi) is 4.40. The Hall–Kier alpha value is -1.35. The Balaban J connectivity index is 0.920. The zero-order valence-corrected chi connectivity index (χ0v) is 31.5. The molecule has 0 amide bonds. The normalized spacial score (nSPS) is 74.1. The summed E-state index contributed by atoms with van der Waals surface area (Å²) in [5, 5.41) is 9.88. The fourth-order valence-electron chi connectivity index (χ4n) is 27.8. The number of aromatic carboxylic acids is 1. The van der Waals surface area contributed by atoms with Gasteiger partial charge in [0.25, 0.3) is 0 Å². The highest BCUT2D eigenvalue weighted by atomic mass is 16.4. The van der Waals surface area contributed by atoms with Gasteiger partial charge in [0.05, 0.1) is 5.56 Å². The van der Waals surface area contributed by atoms with E-state index in [1.807, 2.05) is 12.1 Å². The van der Waals surface area contributed by atoms with Crippen molar-refractivity contribution in [1.82, 2.24) is 4.90 Å². The molecule has 16 saturated carbocycles. The van der Waals surface area contributed by atoms with Gasteiger partial charge >= 0.3 is 5.97 Å². The zero-order valence-electron chi connectivity index (χ0n) is 31.5. The first-order valence-electron chi connectivity index (χ1n) is 24.2. The Morgan fingerprint density at radius 1 is 0.415 bits per heavy atom. The summed E-state index contributed by atoms with van der Waals surface area (Å²) >= 11 is 0. The molecule has 0 bridgehead atoms. The Morgan fingerprint density at radius 3 is 1.13 bits per heavy atom. The average molecular weight is 706 g/mol. The summed E-state index contributed by atoms with van der Waals surface area (Å²) in [5.74, 6) is 34.8. The van der Waals surface area contributed by atoms with Crippen LogP contribution in [0.3, 0.4) is 0 Å². The average Bonchev–Trinajstić information content (AvgIpc) is 4.02. The van der Waals surface area contributed by atoms with E-state index in [2.05, 4.69) is 24.1 Å². The van der Waals surface area contributed by atoms with Gasteiger partial charge in [0.1, 0.15) is 0 Å². The highest BCUT2D eigenvalue weighted by Crippen LogP contribution is 2.93. The minimum absolute atomic E-state index is 0.471. The van der Waals surface area contributed by atoms with Crippen LogP contribution in [0.15, 0.2) is 24.3 Å². The molecule has 1 N–H and O–H groups in total. The van der Waals surface area contributed by atoms with Crippen LogP contribution in [-0.4, -0.2) is 29.6 Å². The van der Waals surface area contributed by atoms with Crippen molar-refractivity contribution in [2.24, 2.45) is 189 Å². The lowest BCUT2D eigenvalue weighted by Gasteiger charge is -2.62. The molecule has 276 valence electrons. The third-order valence-corrected chi connectivity index (χ3v) is 26.2. The molecule has 0 spiro atoms. The number of likely N-dealkylation sites (tertiary alicyclic amines) is 1. The van der Waals surface area contributed by atoms with Crippen LogP contribution in [-0.2, 0) is 0 Å². The predicted molar refractivity (Wildman–Crippen MR) is 197 cm³/mol. The summed E-state index contributed by atoms with van der Waals surface area (Å²) in [6.07, 6.45) is 13.1. The van der Waals surface area contributed by atoms with Gasteiger partial charge in [-0.1, -0.05) is 12.1 Å². The summed E-state index contributed by atoms with van der Waals surface area (Å²) in [6.45, 7) is 1.33. The molecule has 18 rings (SSSR count). The van der Waals surface area contributed by atoms with Crippen LogP contribution in [0.4, 0.5) is 0 Å². The standard InChI is InChI=1S/C50H59NO2/c1-51-14-25-26-23-12-10-21-19-8-6-17-18-7-9-20-22-11-13-24-34-32(22)40-30(20)28(18)38-27(17)29(19)39-31(21)33(23)41-37(26)43(42(34)48-46(40)44(38)45(39)47(41)48)35(24)36(25)49(51)15-2-4-16(5-3-15)50(52)53/h2-5,17-49H,6-14H2,1H3,(H,52,53). The Labute approximate surface area is 315 Å². The van der Waals surface area contributed by atoms with E-state index in [1.165, 1.54) is 71.3 Å². The third kappa shape index (κ3) is 2.46. The van der Waals surface area contributed by atoms with Crippen LogP contribution in [0.25, 0.3) is 0 Å². The summed E-state index contributed by atoms with van der Waals surface area (Å²) in [5.41, 5.74) is 1.94. The number of hydrogen-bond donors (Lipinski definition) is 1. The molecule has 33 atom stereocenters. The first-order valence-corrected chi connectivity index (χ1v) is 24.2. The van der Waals surface area contributed by atoms with Gasteiger partial charge in [0.2, 0.25) is 0 Å². The minimum Gasteiger partial charge on any atom is -0.478 e. The van der Waals surface area contributed by atoms with Crippen molar-refractivity contribution in [1.29, 1.82) is 0 Å². The first-order chi connectivity index (χ1) is 26.1. The van der Waals surface area contributed by atoms with Crippen molar-refractivity contribution in [3.05, 3.63) is 35.4 Å². The number of hydrogen-bond acceptors (Lipinski definition) is 2. The van der Waals surface area contributed by atoms with Gasteiger partial charge in [-0.15, -0.1) is 0 Å². The molecule has 1 saturated heterocycles. The van der Waals surface area contributed by atoms with E-state index in [0.29, 0.717) is 11.6 Å². The SMILES string of the molecule is CN1CC2C3C4CCC5C6CCC7C8CCC9C%10CCC%11C%12C%10C%10C9C8C8C7C6C6C5C4C4C3C(C%11C2C1c1ccc(C(=O)O)cc1)C%12C1C%10C8C6C41. The fraction of sp³-hybridized carbons (Fsp3) is 0.860. The first kappa shape index (κ1) is 28.1. The highest BCUT2D eigenvalue weighted by molar-refractivity contribution is 5.87. The van der Waals surface area contributed by atoms with Crippen molar-refractivity contribution in [3.8, 4) is 0 Å². The summed E-state index contributed by atoms with van der Waals surface area (Å²) in [4.78, 5) is 14.9. The molecule has 16 aliphatic carbocycles. The smallest absolute Gasteiger partial charge is 0.335 e. The van der Waals surface area contributed by atoms with Gasteiger partial charge in [0, 0.05) is 12.6 Å². The van der Waals surface area contributed by atoms with Crippen molar-refractivity contribution in [3.63, 3.8) is 0 Å². The number of nitrogens with zero attached hydrogens (tertiary/aromatic N) is 1. The lowest BCUT2D eigenvalue weighted by Crippen LogP contribution is -2.59. The van der Waals surface area contributed by atoms with Gasteiger partial charge in [-0.3, -0.25) is 4.90 Å². The van der Waals surface area contributed by atoms with Gasteiger partial charge in [-0.2, -0.15) is 0 Å². The van der Waals surface area contributed by atoms with Crippen LogP contribution < -0.4 is 0 Å². The minimum atomic E-state index is -0.769. The largest absolute Gasteiger partial charge is 0.478 e. The molecule has 3 heteroatoms. The number of benzene rings is 1. The van der Waals surface area contributed by atoms with E-state index < -0.39 is 5.97 Å². The number of carbonyl (C=O) groups is 1. The van der Waals surface area contributed by atoms with Crippen molar-refractivity contribution in [2.45, 2.75) is 57.4 Å². The van der Waals surface area contributed by atoms with Crippen LogP contribution in [0, 0.1) is 189 Å². The van der Waals surface area contributed by atoms with Crippen molar-refractivity contribution < 1.29 is 9.90 Å². The Bertz CT molecular complexity index is 1960. The zero-order chi connectivity index (χ0) is 33.6. The molecule has 3 nitrogen and oxygen atoms in total. The molecule has 1 aliphatic heterocycles. The second-order valence-electron chi connectivity index (χ2n) is 24.9. The van der Waals surface area contributed by atoms with Gasteiger partial charge in [-0.05, 0) is 265 Å². The lowest BCUT2D eigenvalue weighted by atomic mass is 9.42. The van der Waals surface area contributed by atoms with E-state index in [4.69, 9.17) is 0 Å². The second kappa shape index (κ2) is 8.30. The van der Waals surface area contributed by atoms with E-state index >= 15 is 0 Å². The molecule has 1 heterocycles.